The topological polar surface area (TPSA) is 71.3 Å². The molecule has 0 aliphatic carbocycles. The summed E-state index contributed by atoms with van der Waals surface area (Å²) in [6, 6.07) is 4.07. The molecule has 5 heteroatoms. The van der Waals surface area contributed by atoms with Gasteiger partial charge in [0.05, 0.1) is 19.3 Å². The van der Waals surface area contributed by atoms with Crippen LogP contribution in [0.4, 0.5) is 0 Å². The number of hydrogen-bond acceptors (Lipinski definition) is 3. The number of carbonyl (C=O) groups excluding carboxylic acids is 1. The first-order chi connectivity index (χ1) is 8.81. The van der Waals surface area contributed by atoms with Gasteiger partial charge in [0.1, 0.15) is 0 Å². The molecule has 0 spiro atoms. The summed E-state index contributed by atoms with van der Waals surface area (Å²) >= 11 is 0. The number of ether oxygens (including phenoxy) is 1. The molecule has 1 unspecified atom stereocenters. The lowest BCUT2D eigenvalue weighted by atomic mass is 10.1. The van der Waals surface area contributed by atoms with Gasteiger partial charge in [-0.15, -0.1) is 0 Å². The number of morpholine rings is 1. The van der Waals surface area contributed by atoms with Crippen LogP contribution in [-0.4, -0.2) is 48.1 Å². The van der Waals surface area contributed by atoms with Gasteiger partial charge in [0.2, 0.25) is 5.91 Å². The second-order valence-electron chi connectivity index (χ2n) is 4.60. The van der Waals surface area contributed by atoms with E-state index in [1.807, 2.05) is 23.2 Å². The number of aromatic nitrogens is 1. The van der Waals surface area contributed by atoms with Gasteiger partial charge in [-0.25, -0.2) is 0 Å². The number of rotatable bonds is 5. The molecule has 0 radical (unpaired) electrons. The fraction of sp³-hybridized carbons (Fsp3) is 0.615. The molecule has 1 aliphatic rings. The Kier molecular flexibility index (Phi) is 4.78. The first-order valence-electron chi connectivity index (χ1n) is 6.51. The predicted octanol–water partition coefficient (Wildman–Crippen LogP) is 0.523. The number of hydrogen-bond donors (Lipinski definition) is 2. The molecule has 0 aromatic carbocycles. The summed E-state index contributed by atoms with van der Waals surface area (Å²) in [6.07, 6.45) is 4.27. The number of carbonyl (C=O) groups is 1. The predicted molar refractivity (Wildman–Crippen MR) is 69.1 cm³/mol. The Morgan fingerprint density at radius 1 is 1.61 bits per heavy atom. The lowest BCUT2D eigenvalue weighted by molar-refractivity contribution is -0.139. The van der Waals surface area contributed by atoms with Crippen LogP contribution in [0.3, 0.4) is 0 Å². The van der Waals surface area contributed by atoms with Crippen LogP contribution in [0.1, 0.15) is 18.5 Å². The largest absolute Gasteiger partial charge is 0.377 e. The van der Waals surface area contributed by atoms with E-state index in [2.05, 4.69) is 4.98 Å². The van der Waals surface area contributed by atoms with Gasteiger partial charge in [-0.05, 0) is 25.0 Å². The van der Waals surface area contributed by atoms with Crippen LogP contribution in [-0.2, 0) is 16.0 Å². The average molecular weight is 251 g/mol. The van der Waals surface area contributed by atoms with Crippen molar-refractivity contribution in [2.75, 3.05) is 26.3 Å². The van der Waals surface area contributed by atoms with Gasteiger partial charge in [0.25, 0.3) is 0 Å². The smallest absolute Gasteiger partial charge is 0.223 e. The third kappa shape index (κ3) is 3.34. The monoisotopic (exact) mass is 251 g/mol. The Morgan fingerprint density at radius 3 is 3.22 bits per heavy atom. The number of aryl methyl sites for hydroxylation is 1. The highest BCUT2D eigenvalue weighted by Gasteiger charge is 2.25. The zero-order chi connectivity index (χ0) is 12.8. The first kappa shape index (κ1) is 13.1. The van der Waals surface area contributed by atoms with E-state index < -0.39 is 0 Å². The molecular formula is C13H21N3O2. The maximum absolute atomic E-state index is 12.1. The summed E-state index contributed by atoms with van der Waals surface area (Å²) in [5.41, 5.74) is 6.84. The van der Waals surface area contributed by atoms with Crippen molar-refractivity contribution in [3.05, 3.63) is 24.0 Å². The van der Waals surface area contributed by atoms with E-state index in [4.69, 9.17) is 10.5 Å². The van der Waals surface area contributed by atoms with Gasteiger partial charge in [-0.2, -0.15) is 0 Å². The molecule has 1 amide bonds. The molecular weight excluding hydrogens is 230 g/mol. The first-order valence-corrected chi connectivity index (χ1v) is 6.51. The molecule has 1 atom stereocenters. The quantitative estimate of drug-likeness (QED) is 0.801. The van der Waals surface area contributed by atoms with E-state index in [-0.39, 0.29) is 11.9 Å². The Bertz CT molecular complexity index is 364. The minimum Gasteiger partial charge on any atom is -0.377 e. The van der Waals surface area contributed by atoms with Crippen LogP contribution in [0.5, 0.6) is 0 Å². The Morgan fingerprint density at radius 2 is 2.50 bits per heavy atom. The van der Waals surface area contributed by atoms with Gasteiger partial charge < -0.3 is 20.4 Å². The van der Waals surface area contributed by atoms with Gasteiger partial charge in [-0.1, -0.05) is 0 Å². The number of nitrogens with zero attached hydrogens (tertiary/aromatic N) is 1. The van der Waals surface area contributed by atoms with E-state index in [0.717, 1.165) is 12.8 Å². The van der Waals surface area contributed by atoms with Crippen molar-refractivity contribution in [1.29, 1.82) is 0 Å². The van der Waals surface area contributed by atoms with Crippen molar-refractivity contribution in [2.45, 2.75) is 25.3 Å². The summed E-state index contributed by atoms with van der Waals surface area (Å²) in [5, 5.41) is 0. The molecule has 1 aromatic heterocycles. The van der Waals surface area contributed by atoms with Crippen molar-refractivity contribution in [3.8, 4) is 0 Å². The van der Waals surface area contributed by atoms with Crippen LogP contribution in [0, 0.1) is 0 Å². The second kappa shape index (κ2) is 6.56. The van der Waals surface area contributed by atoms with Crippen molar-refractivity contribution in [3.63, 3.8) is 0 Å². The molecule has 0 bridgehead atoms. The summed E-state index contributed by atoms with van der Waals surface area (Å²) in [4.78, 5) is 17.1. The number of aromatic amines is 1. The van der Waals surface area contributed by atoms with Crippen molar-refractivity contribution < 1.29 is 9.53 Å². The highest BCUT2D eigenvalue weighted by atomic mass is 16.5. The molecule has 18 heavy (non-hydrogen) atoms. The van der Waals surface area contributed by atoms with Gasteiger partial charge in [0.15, 0.2) is 0 Å². The zero-order valence-electron chi connectivity index (χ0n) is 10.6. The molecule has 1 saturated heterocycles. The molecule has 1 aliphatic heterocycles. The molecule has 100 valence electrons. The molecule has 5 nitrogen and oxygen atoms in total. The number of nitrogens with two attached hydrogens (primary N) is 1. The third-order valence-corrected chi connectivity index (χ3v) is 3.32. The fourth-order valence-corrected chi connectivity index (χ4v) is 2.28. The number of nitrogens with one attached hydrogen (secondary N) is 1. The van der Waals surface area contributed by atoms with Gasteiger partial charge in [0, 0.05) is 31.4 Å². The van der Waals surface area contributed by atoms with Crippen LogP contribution >= 0.6 is 0 Å². The summed E-state index contributed by atoms with van der Waals surface area (Å²) in [5.74, 6) is 0.195. The van der Waals surface area contributed by atoms with Gasteiger partial charge in [-0.3, -0.25) is 4.79 Å². The van der Waals surface area contributed by atoms with E-state index >= 15 is 0 Å². The fourth-order valence-electron chi connectivity index (χ4n) is 2.28. The summed E-state index contributed by atoms with van der Waals surface area (Å²) in [6.45, 7) is 2.34. The zero-order valence-corrected chi connectivity index (χ0v) is 10.6. The maximum Gasteiger partial charge on any atom is 0.223 e. The minimum atomic E-state index is 0.0525. The molecule has 2 rings (SSSR count). The minimum absolute atomic E-state index is 0.0525. The Labute approximate surface area is 107 Å². The molecule has 3 N–H and O–H groups in total. The van der Waals surface area contributed by atoms with Crippen LogP contribution < -0.4 is 5.73 Å². The van der Waals surface area contributed by atoms with E-state index in [1.54, 1.807) is 0 Å². The van der Waals surface area contributed by atoms with E-state index in [0.29, 0.717) is 32.7 Å². The van der Waals surface area contributed by atoms with E-state index in [9.17, 15) is 4.79 Å². The van der Waals surface area contributed by atoms with Crippen LogP contribution in [0.25, 0.3) is 0 Å². The lowest BCUT2D eigenvalue weighted by Gasteiger charge is -2.35. The van der Waals surface area contributed by atoms with Gasteiger partial charge >= 0.3 is 0 Å². The summed E-state index contributed by atoms with van der Waals surface area (Å²) < 4.78 is 5.34. The SMILES string of the molecule is NCC1COCCN1C(=O)CCCc1ccc[nH]1. The van der Waals surface area contributed by atoms with Crippen LogP contribution in [0.2, 0.25) is 0 Å². The second-order valence-corrected chi connectivity index (χ2v) is 4.60. The summed E-state index contributed by atoms with van der Waals surface area (Å²) in [7, 11) is 0. The van der Waals surface area contributed by atoms with Crippen LogP contribution in [0.15, 0.2) is 18.3 Å². The third-order valence-electron chi connectivity index (χ3n) is 3.32. The molecule has 1 aromatic rings. The Hall–Kier alpha value is -1.33. The standard InChI is InChI=1S/C13H21N3O2/c14-9-12-10-18-8-7-16(12)13(17)5-1-3-11-4-2-6-15-11/h2,4,6,12,15H,1,3,5,7-10,14H2. The molecule has 2 heterocycles. The number of H-pyrrole nitrogens is 1. The normalized spacial score (nSPS) is 20.1. The average Bonchev–Trinajstić information content (AvgIpc) is 2.91. The Balaban J connectivity index is 1.76. The number of amides is 1. The maximum atomic E-state index is 12.1. The highest BCUT2D eigenvalue weighted by Crippen LogP contribution is 2.10. The highest BCUT2D eigenvalue weighted by molar-refractivity contribution is 5.76. The lowest BCUT2D eigenvalue weighted by Crippen LogP contribution is -2.52. The van der Waals surface area contributed by atoms with Crippen molar-refractivity contribution in [2.24, 2.45) is 5.73 Å². The molecule has 0 saturated carbocycles. The molecule has 1 fully saturated rings. The van der Waals surface area contributed by atoms with Crippen molar-refractivity contribution in [1.82, 2.24) is 9.88 Å². The van der Waals surface area contributed by atoms with Crippen molar-refractivity contribution >= 4 is 5.91 Å². The van der Waals surface area contributed by atoms with E-state index in [1.165, 1.54) is 5.69 Å².